The lowest BCUT2D eigenvalue weighted by atomic mass is 9.74. The third kappa shape index (κ3) is 2.05. The van der Waals surface area contributed by atoms with Crippen molar-refractivity contribution in [3.8, 4) is 0 Å². The van der Waals surface area contributed by atoms with Crippen molar-refractivity contribution < 1.29 is 19.4 Å². The monoisotopic (exact) mass is 338 g/mol. The molecule has 0 radical (unpaired) electrons. The van der Waals surface area contributed by atoms with Gasteiger partial charge in [0, 0.05) is 17.6 Å². The molecule has 5 atom stereocenters. The van der Waals surface area contributed by atoms with Crippen LogP contribution in [0.25, 0.3) is 0 Å². The number of ether oxygens (including phenoxy) is 1. The van der Waals surface area contributed by atoms with E-state index in [2.05, 4.69) is 6.58 Å². The van der Waals surface area contributed by atoms with E-state index in [-0.39, 0.29) is 11.9 Å². The van der Waals surface area contributed by atoms with Gasteiger partial charge in [-0.25, -0.2) is 0 Å². The molecule has 2 bridgehead atoms. The Morgan fingerprint density at radius 2 is 2.12 bits per heavy atom. The second kappa shape index (κ2) is 5.30. The van der Waals surface area contributed by atoms with Gasteiger partial charge in [0.2, 0.25) is 5.91 Å². The molecule has 130 valence electrons. The highest BCUT2D eigenvalue weighted by atomic mass is 16.5. The summed E-state index contributed by atoms with van der Waals surface area (Å²) in [6.07, 6.45) is 3.60. The summed E-state index contributed by atoms with van der Waals surface area (Å²) in [5.74, 6) is -3.13. The molecule has 0 aromatic heterocycles. The molecule has 4 rings (SSSR count). The zero-order valence-electron chi connectivity index (χ0n) is 14.3. The molecule has 3 aliphatic heterocycles. The molecule has 1 aromatic carbocycles. The Morgan fingerprint density at radius 1 is 1.40 bits per heavy atom. The van der Waals surface area contributed by atoms with E-state index in [4.69, 9.17) is 4.74 Å². The van der Waals surface area contributed by atoms with Gasteiger partial charge in [-0.2, -0.15) is 0 Å². The molecule has 0 unspecified atom stereocenters. The molecule has 25 heavy (non-hydrogen) atoms. The zero-order chi connectivity index (χ0) is 17.9. The van der Waals surface area contributed by atoms with E-state index in [1.807, 2.05) is 44.2 Å². The third-order valence-corrected chi connectivity index (χ3v) is 5.61. The molecule has 0 saturated carbocycles. The largest absolute Gasteiger partial charge is 0.550 e. The number of para-hydroxylation sites is 1. The van der Waals surface area contributed by atoms with Crippen LogP contribution >= 0.6 is 0 Å². The minimum absolute atomic E-state index is 0.207. The predicted octanol–water partition coefficient (Wildman–Crippen LogP) is 1.37. The summed E-state index contributed by atoms with van der Waals surface area (Å²) < 4.78 is 6.10. The lowest BCUT2D eigenvalue weighted by Crippen LogP contribution is -2.46. The fourth-order valence-electron chi connectivity index (χ4n) is 4.62. The van der Waals surface area contributed by atoms with E-state index in [0.717, 1.165) is 16.8 Å². The van der Waals surface area contributed by atoms with Crippen molar-refractivity contribution in [3.05, 3.63) is 54.1 Å². The van der Waals surface area contributed by atoms with Gasteiger partial charge in [0.15, 0.2) is 0 Å². The summed E-state index contributed by atoms with van der Waals surface area (Å²) in [5, 5.41) is 11.7. The number of fused-ring (bicyclic) bond motifs is 1. The number of hydrogen-bond acceptors (Lipinski definition) is 4. The Labute approximate surface area is 146 Å². The lowest BCUT2D eigenvalue weighted by molar-refractivity contribution is -0.313. The smallest absolute Gasteiger partial charge is 0.234 e. The first-order valence-corrected chi connectivity index (χ1v) is 8.48. The number of nitrogens with zero attached hydrogens (tertiary/aromatic N) is 1. The summed E-state index contributed by atoms with van der Waals surface area (Å²) in [5.41, 5.74) is 1.75. The van der Waals surface area contributed by atoms with Crippen molar-refractivity contribution in [1.29, 1.82) is 0 Å². The van der Waals surface area contributed by atoms with E-state index in [9.17, 15) is 14.7 Å². The standard InChI is InChI=1S/C20H21NO4/c1-11(2)10-15-20-9-8-14(25-20)16(19(23)24)17(20)18(22)21(15)13-7-5-4-6-12(13)3/h4-9,14-17H,1,10H2,2-3H3,(H,23,24)/p-1/t14-,15+,16-,17+,20-/m1/s1. The van der Waals surface area contributed by atoms with Crippen LogP contribution in [0.2, 0.25) is 0 Å². The third-order valence-electron chi connectivity index (χ3n) is 5.61. The van der Waals surface area contributed by atoms with E-state index < -0.39 is 29.5 Å². The Bertz CT molecular complexity index is 814. The highest BCUT2D eigenvalue weighted by Gasteiger charge is 2.69. The summed E-state index contributed by atoms with van der Waals surface area (Å²) in [6.45, 7) is 7.84. The van der Waals surface area contributed by atoms with E-state index in [1.54, 1.807) is 11.0 Å². The number of carboxylic acids is 1. The topological polar surface area (TPSA) is 69.7 Å². The highest BCUT2D eigenvalue weighted by molar-refractivity contribution is 6.03. The first kappa shape index (κ1) is 16.1. The summed E-state index contributed by atoms with van der Waals surface area (Å²) in [7, 11) is 0. The molecule has 1 amide bonds. The van der Waals surface area contributed by atoms with Crippen molar-refractivity contribution in [2.45, 2.75) is 38.0 Å². The van der Waals surface area contributed by atoms with Gasteiger partial charge in [0.05, 0.1) is 18.1 Å². The predicted molar refractivity (Wildman–Crippen MR) is 90.6 cm³/mol. The highest BCUT2D eigenvalue weighted by Crippen LogP contribution is 2.56. The van der Waals surface area contributed by atoms with Crippen LogP contribution in [-0.4, -0.2) is 29.6 Å². The minimum Gasteiger partial charge on any atom is -0.550 e. The second-order valence-corrected chi connectivity index (χ2v) is 7.29. The maximum atomic E-state index is 13.3. The van der Waals surface area contributed by atoms with Crippen molar-refractivity contribution >= 4 is 17.6 Å². The number of aryl methyl sites for hydroxylation is 1. The molecule has 2 saturated heterocycles. The Hall–Kier alpha value is -2.40. The molecule has 0 N–H and O–H groups in total. The van der Waals surface area contributed by atoms with Crippen LogP contribution in [0.15, 0.2) is 48.6 Å². The average Bonchev–Trinajstić information content (AvgIpc) is 3.18. The quantitative estimate of drug-likeness (QED) is 0.778. The molecule has 3 heterocycles. The number of anilines is 1. The Morgan fingerprint density at radius 3 is 2.76 bits per heavy atom. The molecule has 1 spiro atoms. The van der Waals surface area contributed by atoms with E-state index in [0.29, 0.717) is 6.42 Å². The lowest BCUT2D eigenvalue weighted by Gasteiger charge is -2.34. The average molecular weight is 338 g/mol. The molecule has 2 fully saturated rings. The number of aliphatic carboxylic acids is 1. The van der Waals surface area contributed by atoms with Gasteiger partial charge >= 0.3 is 0 Å². The molecule has 5 heteroatoms. The minimum atomic E-state index is -1.23. The number of carboxylic acid groups (broad SMARTS) is 1. The SMILES string of the molecule is C=C(C)C[C@@H]1N(c2ccccc2C)C(=O)[C@@H]2[C@H](C(=O)[O-])[C@H]3C=C[C@]21O3. The summed E-state index contributed by atoms with van der Waals surface area (Å²) >= 11 is 0. The molecule has 0 aliphatic carbocycles. The van der Waals surface area contributed by atoms with Crippen LogP contribution in [0, 0.1) is 18.8 Å². The molecule has 3 aliphatic rings. The first-order chi connectivity index (χ1) is 11.9. The first-order valence-electron chi connectivity index (χ1n) is 8.48. The maximum absolute atomic E-state index is 13.3. The van der Waals surface area contributed by atoms with Gasteiger partial charge in [-0.1, -0.05) is 35.9 Å². The van der Waals surface area contributed by atoms with Crippen LogP contribution < -0.4 is 10.0 Å². The zero-order valence-corrected chi connectivity index (χ0v) is 14.3. The van der Waals surface area contributed by atoms with Crippen LogP contribution in [0.3, 0.4) is 0 Å². The van der Waals surface area contributed by atoms with Gasteiger partial charge in [0.25, 0.3) is 0 Å². The number of rotatable bonds is 4. The molecule has 5 nitrogen and oxygen atoms in total. The van der Waals surface area contributed by atoms with Gasteiger partial charge in [-0.15, -0.1) is 6.58 Å². The van der Waals surface area contributed by atoms with E-state index in [1.165, 1.54) is 0 Å². The summed E-state index contributed by atoms with van der Waals surface area (Å²) in [4.78, 5) is 26.7. The Kier molecular flexibility index (Phi) is 3.41. The number of benzene rings is 1. The van der Waals surface area contributed by atoms with Crippen molar-refractivity contribution in [3.63, 3.8) is 0 Å². The van der Waals surface area contributed by atoms with Crippen LogP contribution in [0.1, 0.15) is 18.9 Å². The molecular weight excluding hydrogens is 318 g/mol. The fraction of sp³-hybridized carbons (Fsp3) is 0.400. The molecule has 1 aromatic rings. The van der Waals surface area contributed by atoms with Gasteiger partial charge in [-0.05, 0) is 31.9 Å². The van der Waals surface area contributed by atoms with Crippen molar-refractivity contribution in [1.82, 2.24) is 0 Å². The normalized spacial score (nSPS) is 35.3. The fourth-order valence-corrected chi connectivity index (χ4v) is 4.62. The molecular formula is C20H20NO4-. The Balaban J connectivity index is 1.87. The van der Waals surface area contributed by atoms with Crippen LogP contribution in [-0.2, 0) is 14.3 Å². The van der Waals surface area contributed by atoms with E-state index >= 15 is 0 Å². The number of hydrogen-bond donors (Lipinski definition) is 0. The number of amides is 1. The van der Waals surface area contributed by atoms with Crippen molar-refractivity contribution in [2.75, 3.05) is 4.90 Å². The van der Waals surface area contributed by atoms with Gasteiger partial charge < -0.3 is 19.5 Å². The van der Waals surface area contributed by atoms with Crippen molar-refractivity contribution in [2.24, 2.45) is 11.8 Å². The van der Waals surface area contributed by atoms with Gasteiger partial charge in [-0.3, -0.25) is 4.79 Å². The second-order valence-electron chi connectivity index (χ2n) is 7.29. The van der Waals surface area contributed by atoms with Crippen LogP contribution in [0.5, 0.6) is 0 Å². The maximum Gasteiger partial charge on any atom is 0.234 e. The number of carbonyl (C=O) groups excluding carboxylic acids is 2. The van der Waals surface area contributed by atoms with Gasteiger partial charge in [0.1, 0.15) is 5.60 Å². The summed E-state index contributed by atoms with van der Waals surface area (Å²) in [6, 6.07) is 7.31. The number of carbonyl (C=O) groups is 2. The van der Waals surface area contributed by atoms with Crippen LogP contribution in [0.4, 0.5) is 5.69 Å².